The first-order valence-electron chi connectivity index (χ1n) is 20.1. The predicted octanol–water partition coefficient (Wildman–Crippen LogP) is 8.25. The zero-order valence-corrected chi connectivity index (χ0v) is 33.6. The molecule has 3 heterocycles. The summed E-state index contributed by atoms with van der Waals surface area (Å²) in [6.45, 7) is 5.13. The number of aliphatic hydroxyl groups is 1. The maximum Gasteiger partial charge on any atom is 0.433 e. The standard InChI is InChI=1S/C45H47F3N6O6/c1-44(2,59)33-24-35-29(23-36(33)50-41(56)34-14-9-16-38(49-34)45(46,47)48)26-54(52-35)30-19-17-28(18-20-30)25-53(3)21-6-4-5-10-27-11-7-12-31(22-27)60-37-15-8-13-32-39(37)42(57)51-43(58)40(32)55/h7-9,11-16,22-24,26,28,30,59H,4-6,10,17-21,25H2,1-3H3,(H,50,56)(H,51,57,58). The summed E-state index contributed by atoms with van der Waals surface area (Å²) < 4.78 is 47.7. The number of aromatic nitrogens is 3. The number of ketones is 1. The molecule has 3 N–H and O–H groups in total. The van der Waals surface area contributed by atoms with Gasteiger partial charge < -0.3 is 20.1 Å². The quantitative estimate of drug-likeness (QED) is 0.0570. The number of aryl methyl sites for hydroxylation is 1. The molecule has 15 heteroatoms. The van der Waals surface area contributed by atoms with Gasteiger partial charge in [0, 0.05) is 34.9 Å². The van der Waals surface area contributed by atoms with Crippen molar-refractivity contribution in [1.29, 1.82) is 0 Å². The molecule has 2 aliphatic rings. The first-order valence-corrected chi connectivity index (χ1v) is 20.1. The van der Waals surface area contributed by atoms with E-state index in [1.54, 1.807) is 44.2 Å². The van der Waals surface area contributed by atoms with E-state index < -0.39 is 41.0 Å². The van der Waals surface area contributed by atoms with Crippen LogP contribution in [0.1, 0.15) is 113 Å². The molecule has 0 saturated heterocycles. The van der Waals surface area contributed by atoms with Gasteiger partial charge in [0.1, 0.15) is 22.9 Å². The molecule has 0 atom stereocenters. The summed E-state index contributed by atoms with van der Waals surface area (Å²) in [6, 6.07) is 19.0. The van der Waals surface area contributed by atoms with Gasteiger partial charge in [0.15, 0.2) is 0 Å². The van der Waals surface area contributed by atoms with Crippen molar-refractivity contribution in [1.82, 2.24) is 25.0 Å². The van der Waals surface area contributed by atoms with Crippen LogP contribution in [-0.4, -0.2) is 68.4 Å². The number of nitrogens with zero attached hydrogens (tertiary/aromatic N) is 4. The molecular weight excluding hydrogens is 778 g/mol. The number of fused-ring (bicyclic) bond motifs is 2. The highest BCUT2D eigenvalue weighted by Gasteiger charge is 2.34. The second-order valence-corrected chi connectivity index (χ2v) is 16.3. The van der Waals surface area contributed by atoms with E-state index in [1.807, 2.05) is 29.1 Å². The van der Waals surface area contributed by atoms with Gasteiger partial charge in [-0.1, -0.05) is 30.7 Å². The number of rotatable bonds is 14. The zero-order valence-electron chi connectivity index (χ0n) is 33.6. The normalized spacial score (nSPS) is 17.2. The van der Waals surface area contributed by atoms with E-state index in [4.69, 9.17) is 9.84 Å². The number of hydrogen-bond acceptors (Lipinski definition) is 9. The lowest BCUT2D eigenvalue weighted by molar-refractivity contribution is -0.141. The van der Waals surface area contributed by atoms with Crippen LogP contribution in [0.15, 0.2) is 79.0 Å². The molecule has 5 aromatic rings. The minimum Gasteiger partial charge on any atom is -0.457 e. The van der Waals surface area contributed by atoms with Gasteiger partial charge >= 0.3 is 6.18 Å². The Hall–Kier alpha value is -5.93. The van der Waals surface area contributed by atoms with Crippen molar-refractivity contribution in [2.75, 3.05) is 25.5 Å². The van der Waals surface area contributed by atoms with Gasteiger partial charge in [-0.25, -0.2) is 4.98 Å². The first kappa shape index (κ1) is 42.2. The molecule has 0 radical (unpaired) electrons. The minimum absolute atomic E-state index is 0.0332. The Bertz CT molecular complexity index is 2430. The van der Waals surface area contributed by atoms with Gasteiger partial charge in [0.05, 0.1) is 22.7 Å². The van der Waals surface area contributed by atoms with E-state index in [0.29, 0.717) is 22.7 Å². The lowest BCUT2D eigenvalue weighted by Gasteiger charge is -2.31. The highest BCUT2D eigenvalue weighted by atomic mass is 19.4. The number of imide groups is 1. The number of pyridine rings is 1. The van der Waals surface area contributed by atoms with Gasteiger partial charge in [0.2, 0.25) is 0 Å². The third-order valence-corrected chi connectivity index (χ3v) is 11.2. The van der Waals surface area contributed by atoms with E-state index in [0.717, 1.165) is 87.5 Å². The molecule has 1 aliphatic heterocycles. The summed E-state index contributed by atoms with van der Waals surface area (Å²) in [6.07, 6.45) is 5.21. The summed E-state index contributed by atoms with van der Waals surface area (Å²) in [5.41, 5.74) is -0.454. The monoisotopic (exact) mass is 824 g/mol. The van der Waals surface area contributed by atoms with E-state index in [2.05, 4.69) is 27.6 Å². The molecular formula is C45H47F3N6O6. The van der Waals surface area contributed by atoms with Crippen LogP contribution >= 0.6 is 0 Å². The third kappa shape index (κ3) is 9.74. The zero-order chi connectivity index (χ0) is 42.8. The molecule has 0 bridgehead atoms. The van der Waals surface area contributed by atoms with Crippen LogP contribution < -0.4 is 15.4 Å². The molecule has 7 rings (SSSR count). The number of anilines is 1. The van der Waals surface area contributed by atoms with Crippen LogP contribution in [0.25, 0.3) is 10.9 Å². The number of benzene rings is 3. The fourth-order valence-corrected chi connectivity index (χ4v) is 8.08. The molecule has 0 unspecified atom stereocenters. The Morgan fingerprint density at radius 1 is 0.950 bits per heavy atom. The summed E-state index contributed by atoms with van der Waals surface area (Å²) in [5, 5.41) is 21.3. The Kier molecular flexibility index (Phi) is 12.2. The topological polar surface area (TPSA) is 156 Å². The Morgan fingerprint density at radius 3 is 2.45 bits per heavy atom. The number of ether oxygens (including phenoxy) is 1. The third-order valence-electron chi connectivity index (χ3n) is 11.2. The number of Topliss-reactive ketones (excluding diaryl/α,β-unsaturated/α-hetero) is 1. The number of carbonyl (C=O) groups excluding carboxylic acids is 4. The molecule has 314 valence electrons. The van der Waals surface area contributed by atoms with Crippen molar-refractivity contribution < 1.29 is 42.2 Å². The van der Waals surface area contributed by atoms with Gasteiger partial charge in [-0.3, -0.25) is 29.2 Å². The molecule has 1 fully saturated rings. The van der Waals surface area contributed by atoms with Gasteiger partial charge in [-0.2, -0.15) is 18.3 Å². The number of hydrogen-bond donors (Lipinski definition) is 3. The summed E-state index contributed by atoms with van der Waals surface area (Å²) >= 11 is 0. The van der Waals surface area contributed by atoms with E-state index >= 15 is 0 Å². The van der Waals surface area contributed by atoms with E-state index in [-0.39, 0.29) is 34.3 Å². The smallest absolute Gasteiger partial charge is 0.433 e. The second kappa shape index (κ2) is 17.3. The summed E-state index contributed by atoms with van der Waals surface area (Å²) in [5.74, 6) is -1.87. The molecule has 2 aromatic heterocycles. The fourth-order valence-electron chi connectivity index (χ4n) is 8.08. The van der Waals surface area contributed by atoms with E-state index in [9.17, 15) is 37.5 Å². The van der Waals surface area contributed by atoms with Crippen molar-refractivity contribution in [3.8, 4) is 11.5 Å². The van der Waals surface area contributed by atoms with Crippen LogP contribution in [0.2, 0.25) is 0 Å². The van der Waals surface area contributed by atoms with Crippen molar-refractivity contribution >= 4 is 40.1 Å². The highest BCUT2D eigenvalue weighted by molar-refractivity contribution is 6.49. The average molecular weight is 825 g/mol. The number of alkyl halides is 3. The van der Waals surface area contributed by atoms with Crippen LogP contribution in [0.5, 0.6) is 11.5 Å². The van der Waals surface area contributed by atoms with Gasteiger partial charge in [0.25, 0.3) is 23.5 Å². The maximum atomic E-state index is 13.2. The van der Waals surface area contributed by atoms with Gasteiger partial charge in [-0.15, -0.1) is 0 Å². The molecule has 12 nitrogen and oxygen atoms in total. The summed E-state index contributed by atoms with van der Waals surface area (Å²) in [4.78, 5) is 55.5. The Morgan fingerprint density at radius 2 is 1.70 bits per heavy atom. The molecule has 1 saturated carbocycles. The lowest BCUT2D eigenvalue weighted by Crippen LogP contribution is -2.42. The van der Waals surface area contributed by atoms with E-state index in [1.165, 1.54) is 12.1 Å². The van der Waals surface area contributed by atoms with Crippen molar-refractivity contribution in [2.45, 2.75) is 83.0 Å². The SMILES string of the molecule is CN(CCCCCc1cccc(Oc2cccc3c2C(=O)NC(=O)C3=O)c1)CC1CCC(n2cc3cc(NC(=O)c4cccc(C(F)(F)F)n4)c(C(C)(C)O)cc3n2)CC1. The van der Waals surface area contributed by atoms with Crippen molar-refractivity contribution in [3.63, 3.8) is 0 Å². The minimum atomic E-state index is -4.69. The molecule has 3 aromatic carbocycles. The van der Waals surface area contributed by atoms with Crippen molar-refractivity contribution in [3.05, 3.63) is 113 Å². The average Bonchev–Trinajstić information content (AvgIpc) is 3.62. The van der Waals surface area contributed by atoms with Gasteiger partial charge in [-0.05, 0) is 132 Å². The van der Waals surface area contributed by atoms with Crippen molar-refractivity contribution in [2.24, 2.45) is 5.92 Å². The Balaban J connectivity index is 0.871. The van der Waals surface area contributed by atoms with Crippen LogP contribution in [0, 0.1) is 5.92 Å². The lowest BCUT2D eigenvalue weighted by atomic mass is 9.86. The fraction of sp³-hybridized carbons (Fsp3) is 0.378. The van der Waals surface area contributed by atoms with Crippen LogP contribution in [0.4, 0.5) is 18.9 Å². The van der Waals surface area contributed by atoms with Crippen LogP contribution in [-0.2, 0) is 23.0 Å². The number of nitrogens with one attached hydrogen (secondary N) is 2. The molecule has 60 heavy (non-hydrogen) atoms. The maximum absolute atomic E-state index is 13.2. The first-order chi connectivity index (χ1) is 28.5. The Labute approximate surface area is 345 Å². The molecule has 3 amide bonds. The van der Waals surface area contributed by atoms with Crippen LogP contribution in [0.3, 0.4) is 0 Å². The molecule has 1 aliphatic carbocycles. The summed E-state index contributed by atoms with van der Waals surface area (Å²) in [7, 11) is 2.17. The number of amides is 3. The number of carbonyl (C=O) groups is 4. The number of unbranched alkanes of at least 4 members (excludes halogenated alkanes) is 2. The molecule has 0 spiro atoms. The number of halogens is 3. The second-order valence-electron chi connectivity index (χ2n) is 16.3. The highest BCUT2D eigenvalue weighted by Crippen LogP contribution is 2.37. The predicted molar refractivity (Wildman–Crippen MR) is 218 cm³/mol. The largest absolute Gasteiger partial charge is 0.457 e.